The highest BCUT2D eigenvalue weighted by Gasteiger charge is 2.16. The normalized spacial score (nSPS) is 16.1. The van der Waals surface area contributed by atoms with E-state index in [1.54, 1.807) is 12.4 Å². The molecule has 3 heterocycles. The minimum atomic E-state index is -2.59. The number of alkyl halides is 2. The molecule has 0 atom stereocenters. The number of rotatable bonds is 5. The fraction of sp³-hybridized carbons (Fsp3) is 0.538. The van der Waals surface area contributed by atoms with Gasteiger partial charge in [-0.25, -0.2) is 18.7 Å². The molecule has 0 saturated carbocycles. The summed E-state index contributed by atoms with van der Waals surface area (Å²) in [6.45, 7) is 4.23. The molecule has 0 bridgehead atoms. The van der Waals surface area contributed by atoms with Gasteiger partial charge in [-0.1, -0.05) is 11.3 Å². The number of nitrogens with zero attached hydrogens (tertiary/aromatic N) is 6. The van der Waals surface area contributed by atoms with Crippen molar-refractivity contribution in [3.8, 4) is 0 Å². The quantitative estimate of drug-likeness (QED) is 0.886. The number of anilines is 2. The van der Waals surface area contributed by atoms with Crippen molar-refractivity contribution in [3.63, 3.8) is 0 Å². The summed E-state index contributed by atoms with van der Waals surface area (Å²) >= 11 is 0.849. The van der Waals surface area contributed by atoms with Gasteiger partial charge in [0.2, 0.25) is 11.1 Å². The monoisotopic (exact) mass is 341 g/mol. The van der Waals surface area contributed by atoms with Gasteiger partial charge in [-0.3, -0.25) is 0 Å². The smallest absolute Gasteiger partial charge is 0.291 e. The van der Waals surface area contributed by atoms with Gasteiger partial charge in [0, 0.05) is 50.7 Å². The average molecular weight is 341 g/mol. The van der Waals surface area contributed by atoms with Crippen LogP contribution in [0.25, 0.3) is 0 Å². The van der Waals surface area contributed by atoms with Crippen molar-refractivity contribution in [2.24, 2.45) is 0 Å². The molecule has 1 aliphatic heterocycles. The Bertz CT molecular complexity index is 626. The molecular weight excluding hydrogens is 324 g/mol. The average Bonchev–Trinajstić information content (AvgIpc) is 3.04. The molecule has 0 spiro atoms. The zero-order chi connectivity index (χ0) is 16.2. The van der Waals surface area contributed by atoms with E-state index in [2.05, 4.69) is 42.3 Å². The van der Waals surface area contributed by atoms with Gasteiger partial charge < -0.3 is 15.1 Å². The third-order valence-electron chi connectivity index (χ3n) is 3.55. The standard InChI is InChI=1S/C13H17F2N7S/c1-21-2-4-22(5-3-21)12-16-6-9(7-17-12)8-18-13-20-19-11(23-13)10(14)15/h6-7,10H,2-5,8H2,1H3,(H,18,20). The summed E-state index contributed by atoms with van der Waals surface area (Å²) < 4.78 is 24.9. The Hall–Kier alpha value is -1.94. The lowest BCUT2D eigenvalue weighted by molar-refractivity contribution is 0.150. The number of nitrogens with one attached hydrogen (secondary N) is 1. The second-order valence-electron chi connectivity index (χ2n) is 5.28. The molecule has 0 aliphatic carbocycles. The maximum absolute atomic E-state index is 12.4. The lowest BCUT2D eigenvalue weighted by atomic mass is 10.3. The first-order chi connectivity index (χ1) is 11.1. The zero-order valence-corrected chi connectivity index (χ0v) is 13.4. The first-order valence-electron chi connectivity index (χ1n) is 7.21. The lowest BCUT2D eigenvalue weighted by Crippen LogP contribution is -2.45. The molecule has 1 fully saturated rings. The van der Waals surface area contributed by atoms with E-state index in [1.165, 1.54) is 0 Å². The van der Waals surface area contributed by atoms with Crippen LogP contribution in [0.15, 0.2) is 12.4 Å². The number of likely N-dealkylation sites (N-methyl/N-ethyl adjacent to an activating group) is 1. The van der Waals surface area contributed by atoms with E-state index in [0.29, 0.717) is 11.7 Å². The highest BCUT2D eigenvalue weighted by atomic mass is 32.1. The predicted octanol–water partition coefficient (Wildman–Crippen LogP) is 1.63. The van der Waals surface area contributed by atoms with Crippen molar-refractivity contribution in [2.45, 2.75) is 13.0 Å². The van der Waals surface area contributed by atoms with Crippen molar-refractivity contribution in [2.75, 3.05) is 43.4 Å². The first kappa shape index (κ1) is 15.9. The molecule has 124 valence electrons. The topological polar surface area (TPSA) is 70.1 Å². The summed E-state index contributed by atoms with van der Waals surface area (Å²) in [7, 11) is 2.10. The maximum atomic E-state index is 12.4. The van der Waals surface area contributed by atoms with E-state index in [-0.39, 0.29) is 5.01 Å². The maximum Gasteiger partial charge on any atom is 0.291 e. The minimum Gasteiger partial charge on any atom is -0.356 e. The molecule has 2 aromatic rings. The zero-order valence-electron chi connectivity index (χ0n) is 12.6. The fourth-order valence-electron chi connectivity index (χ4n) is 2.18. The van der Waals surface area contributed by atoms with Crippen molar-refractivity contribution in [3.05, 3.63) is 23.0 Å². The van der Waals surface area contributed by atoms with Crippen molar-refractivity contribution >= 4 is 22.4 Å². The highest BCUT2D eigenvalue weighted by Crippen LogP contribution is 2.25. The van der Waals surface area contributed by atoms with E-state index in [9.17, 15) is 8.78 Å². The van der Waals surface area contributed by atoms with Crippen LogP contribution < -0.4 is 10.2 Å². The van der Waals surface area contributed by atoms with Crippen LogP contribution in [-0.4, -0.2) is 58.3 Å². The second kappa shape index (κ2) is 7.09. The third-order valence-corrected chi connectivity index (χ3v) is 4.44. The van der Waals surface area contributed by atoms with Crippen LogP contribution in [0.2, 0.25) is 0 Å². The van der Waals surface area contributed by atoms with Crippen LogP contribution in [0, 0.1) is 0 Å². The van der Waals surface area contributed by atoms with Crippen LogP contribution in [-0.2, 0) is 6.54 Å². The molecule has 7 nitrogen and oxygen atoms in total. The van der Waals surface area contributed by atoms with Gasteiger partial charge in [0.1, 0.15) is 0 Å². The van der Waals surface area contributed by atoms with Gasteiger partial charge in [-0.15, -0.1) is 10.2 Å². The molecular formula is C13H17F2N7S. The SMILES string of the molecule is CN1CCN(c2ncc(CNc3nnc(C(F)F)s3)cn2)CC1. The first-order valence-corrected chi connectivity index (χ1v) is 8.03. The van der Waals surface area contributed by atoms with Crippen LogP contribution in [0.4, 0.5) is 19.9 Å². The number of piperazine rings is 1. The lowest BCUT2D eigenvalue weighted by Gasteiger charge is -2.32. The summed E-state index contributed by atoms with van der Waals surface area (Å²) in [6, 6.07) is 0. The molecule has 0 amide bonds. The van der Waals surface area contributed by atoms with E-state index < -0.39 is 6.43 Å². The summed E-state index contributed by atoms with van der Waals surface area (Å²) in [5.74, 6) is 0.720. The Labute approximate surface area is 136 Å². The second-order valence-corrected chi connectivity index (χ2v) is 6.29. The van der Waals surface area contributed by atoms with Crippen LogP contribution in [0.5, 0.6) is 0 Å². The summed E-state index contributed by atoms with van der Waals surface area (Å²) in [4.78, 5) is 13.2. The summed E-state index contributed by atoms with van der Waals surface area (Å²) in [5, 5.41) is 10.1. The summed E-state index contributed by atoms with van der Waals surface area (Å²) in [5.41, 5.74) is 0.858. The molecule has 0 aromatic carbocycles. The van der Waals surface area contributed by atoms with Crippen LogP contribution >= 0.6 is 11.3 Å². The Morgan fingerprint density at radius 1 is 1.17 bits per heavy atom. The number of halogens is 2. The van der Waals surface area contributed by atoms with Gasteiger partial charge in [0.05, 0.1) is 0 Å². The molecule has 1 N–H and O–H groups in total. The molecule has 3 rings (SSSR count). The van der Waals surface area contributed by atoms with Gasteiger partial charge >= 0.3 is 0 Å². The van der Waals surface area contributed by atoms with Gasteiger partial charge in [0.25, 0.3) is 6.43 Å². The van der Waals surface area contributed by atoms with Crippen LogP contribution in [0.3, 0.4) is 0 Å². The fourth-order valence-corrected chi connectivity index (χ4v) is 2.78. The largest absolute Gasteiger partial charge is 0.356 e. The Balaban J connectivity index is 1.54. The Morgan fingerprint density at radius 3 is 2.48 bits per heavy atom. The van der Waals surface area contributed by atoms with E-state index in [0.717, 1.165) is 49.0 Å². The Kier molecular flexibility index (Phi) is 4.91. The third kappa shape index (κ3) is 4.08. The van der Waals surface area contributed by atoms with E-state index in [4.69, 9.17) is 0 Å². The molecule has 1 aliphatic rings. The molecule has 0 unspecified atom stereocenters. The van der Waals surface area contributed by atoms with Gasteiger partial charge in [-0.05, 0) is 7.05 Å². The van der Waals surface area contributed by atoms with Crippen molar-refractivity contribution in [1.82, 2.24) is 25.1 Å². The van der Waals surface area contributed by atoms with E-state index in [1.807, 2.05) is 0 Å². The van der Waals surface area contributed by atoms with Gasteiger partial charge in [-0.2, -0.15) is 0 Å². The van der Waals surface area contributed by atoms with Gasteiger partial charge in [0.15, 0.2) is 5.01 Å². The van der Waals surface area contributed by atoms with Crippen molar-refractivity contribution in [1.29, 1.82) is 0 Å². The molecule has 2 aromatic heterocycles. The van der Waals surface area contributed by atoms with Crippen molar-refractivity contribution < 1.29 is 8.78 Å². The molecule has 0 radical (unpaired) electrons. The predicted molar refractivity (Wildman–Crippen MR) is 83.9 cm³/mol. The van der Waals surface area contributed by atoms with Crippen LogP contribution in [0.1, 0.15) is 17.0 Å². The Morgan fingerprint density at radius 2 is 1.87 bits per heavy atom. The summed E-state index contributed by atoms with van der Waals surface area (Å²) in [6.07, 6.45) is 0.889. The number of hydrogen-bond donors (Lipinski definition) is 1. The molecule has 10 heteroatoms. The minimum absolute atomic E-state index is 0.283. The number of hydrogen-bond acceptors (Lipinski definition) is 8. The molecule has 23 heavy (non-hydrogen) atoms. The molecule has 1 saturated heterocycles. The van der Waals surface area contributed by atoms with E-state index >= 15 is 0 Å². The number of aromatic nitrogens is 4. The highest BCUT2D eigenvalue weighted by molar-refractivity contribution is 7.15.